The second-order valence-electron chi connectivity index (χ2n) is 4.75. The van der Waals surface area contributed by atoms with Gasteiger partial charge in [-0.3, -0.25) is 0 Å². The summed E-state index contributed by atoms with van der Waals surface area (Å²) in [7, 11) is 0. The summed E-state index contributed by atoms with van der Waals surface area (Å²) in [5.74, 6) is -0.450. The number of aryl methyl sites for hydroxylation is 1. The van der Waals surface area contributed by atoms with E-state index in [9.17, 15) is 4.79 Å². The van der Waals surface area contributed by atoms with E-state index in [1.807, 2.05) is 20.8 Å². The minimum absolute atomic E-state index is 0.0319. The quantitative estimate of drug-likeness (QED) is 0.625. The first-order valence-electron chi connectivity index (χ1n) is 7.00. The van der Waals surface area contributed by atoms with Gasteiger partial charge in [-0.2, -0.15) is 15.3 Å². The number of hydrogen-bond donors (Lipinski definition) is 0. The van der Waals surface area contributed by atoms with Gasteiger partial charge in [0.25, 0.3) is 0 Å². The molecule has 112 valence electrons. The summed E-state index contributed by atoms with van der Waals surface area (Å²) in [6.07, 6.45) is 3.13. The van der Waals surface area contributed by atoms with Crippen molar-refractivity contribution >= 4 is 22.7 Å². The first-order chi connectivity index (χ1) is 10.1. The number of ether oxygens (including phenoxy) is 1. The van der Waals surface area contributed by atoms with Gasteiger partial charge in [-0.05, 0) is 27.7 Å². The molecule has 0 aromatic carbocycles. The van der Waals surface area contributed by atoms with E-state index in [0.29, 0.717) is 35.4 Å². The summed E-state index contributed by atoms with van der Waals surface area (Å²) >= 11 is 0. The van der Waals surface area contributed by atoms with E-state index in [2.05, 4.69) is 20.3 Å². The van der Waals surface area contributed by atoms with Gasteiger partial charge in [0, 0.05) is 12.7 Å². The van der Waals surface area contributed by atoms with Crippen molar-refractivity contribution in [2.24, 2.45) is 10.2 Å². The van der Waals surface area contributed by atoms with Crippen molar-refractivity contribution in [3.63, 3.8) is 0 Å². The van der Waals surface area contributed by atoms with E-state index in [1.165, 1.54) is 6.20 Å². The molecule has 0 saturated heterocycles. The van der Waals surface area contributed by atoms with Gasteiger partial charge >= 0.3 is 5.97 Å². The first-order valence-corrected chi connectivity index (χ1v) is 7.00. The average Bonchev–Trinajstić information content (AvgIpc) is 2.87. The lowest BCUT2D eigenvalue weighted by Gasteiger charge is -2.06. The highest BCUT2D eigenvalue weighted by Gasteiger charge is 2.19. The zero-order valence-electron chi connectivity index (χ0n) is 12.7. The van der Waals surface area contributed by atoms with Gasteiger partial charge in [0.1, 0.15) is 11.3 Å². The third-order valence-electron chi connectivity index (χ3n) is 2.82. The summed E-state index contributed by atoms with van der Waals surface area (Å²) < 4.78 is 6.80. The van der Waals surface area contributed by atoms with E-state index >= 15 is 0 Å². The number of esters is 1. The maximum Gasteiger partial charge on any atom is 0.342 e. The molecule has 0 amide bonds. The van der Waals surface area contributed by atoms with Crippen LogP contribution in [0, 0.1) is 0 Å². The fourth-order valence-corrected chi connectivity index (χ4v) is 1.88. The van der Waals surface area contributed by atoms with Crippen LogP contribution in [0.15, 0.2) is 22.6 Å². The lowest BCUT2D eigenvalue weighted by atomic mass is 10.2. The Kier molecular flexibility index (Phi) is 4.62. The van der Waals surface area contributed by atoms with Gasteiger partial charge in [-0.15, -0.1) is 0 Å². The zero-order chi connectivity index (χ0) is 15.4. The van der Waals surface area contributed by atoms with Crippen LogP contribution in [0.2, 0.25) is 0 Å². The first kappa shape index (κ1) is 15.1. The minimum atomic E-state index is -0.450. The summed E-state index contributed by atoms with van der Waals surface area (Å²) in [6.45, 7) is 8.56. The van der Waals surface area contributed by atoms with Gasteiger partial charge in [0.05, 0.1) is 24.2 Å². The number of carbonyl (C=O) groups excluding carboxylic acids is 1. The normalized spacial score (nSPS) is 11.7. The van der Waals surface area contributed by atoms with Crippen molar-refractivity contribution < 1.29 is 9.53 Å². The minimum Gasteiger partial charge on any atom is -0.462 e. The van der Waals surface area contributed by atoms with Crippen molar-refractivity contribution in [3.8, 4) is 0 Å². The monoisotopic (exact) mass is 289 g/mol. The summed E-state index contributed by atoms with van der Waals surface area (Å²) in [6, 6.07) is 0.0319. The summed E-state index contributed by atoms with van der Waals surface area (Å²) in [5, 5.41) is 13.3. The molecule has 0 bridgehead atoms. The molecule has 2 rings (SSSR count). The van der Waals surface area contributed by atoms with Crippen LogP contribution in [0.5, 0.6) is 0 Å². The summed E-state index contributed by atoms with van der Waals surface area (Å²) in [5.41, 5.74) is 1.46. The Balaban J connectivity index is 2.62. The molecular weight excluding hydrogens is 270 g/mol. The molecule has 7 heteroatoms. The van der Waals surface area contributed by atoms with Gasteiger partial charge in [-0.25, -0.2) is 14.5 Å². The molecule has 0 saturated carbocycles. The maximum atomic E-state index is 12.0. The number of aromatic nitrogens is 3. The number of carbonyl (C=O) groups is 1. The Morgan fingerprint density at radius 3 is 2.76 bits per heavy atom. The Morgan fingerprint density at radius 2 is 2.14 bits per heavy atom. The lowest BCUT2D eigenvalue weighted by Crippen LogP contribution is -2.06. The Morgan fingerprint density at radius 1 is 1.38 bits per heavy atom. The van der Waals surface area contributed by atoms with Gasteiger partial charge < -0.3 is 4.74 Å². The van der Waals surface area contributed by atoms with Gasteiger partial charge in [-0.1, -0.05) is 0 Å². The van der Waals surface area contributed by atoms with E-state index in [1.54, 1.807) is 17.8 Å². The standard InChI is InChI=1S/C14H19N5O2/c1-5-19-13-10(8-16-19)12(18-17-9(3)4)11(7-15-13)14(20)21-6-2/h7-9H,5-6H2,1-4H3. The third-order valence-corrected chi connectivity index (χ3v) is 2.82. The van der Waals surface area contributed by atoms with Crippen LogP contribution >= 0.6 is 0 Å². The molecule has 0 N–H and O–H groups in total. The highest BCUT2D eigenvalue weighted by Crippen LogP contribution is 2.29. The third kappa shape index (κ3) is 3.07. The van der Waals surface area contributed by atoms with E-state index in [-0.39, 0.29) is 6.04 Å². The fraction of sp³-hybridized carbons (Fsp3) is 0.500. The van der Waals surface area contributed by atoms with Crippen molar-refractivity contribution in [2.45, 2.75) is 40.3 Å². The molecule has 2 heterocycles. The molecule has 0 radical (unpaired) electrons. The molecule has 2 aromatic heterocycles. The second kappa shape index (κ2) is 6.43. The van der Waals surface area contributed by atoms with Crippen LogP contribution in [-0.2, 0) is 11.3 Å². The molecule has 7 nitrogen and oxygen atoms in total. The number of rotatable bonds is 5. The van der Waals surface area contributed by atoms with Crippen LogP contribution in [-0.4, -0.2) is 33.4 Å². The van der Waals surface area contributed by atoms with Crippen LogP contribution in [0.1, 0.15) is 38.1 Å². The largest absolute Gasteiger partial charge is 0.462 e. The smallest absolute Gasteiger partial charge is 0.342 e. The van der Waals surface area contributed by atoms with Crippen LogP contribution in [0.4, 0.5) is 5.69 Å². The SMILES string of the molecule is CCOC(=O)c1cnc2c(cnn2CC)c1N=NC(C)C. The topological polar surface area (TPSA) is 81.7 Å². The molecular formula is C14H19N5O2. The number of nitrogens with zero attached hydrogens (tertiary/aromatic N) is 5. The summed E-state index contributed by atoms with van der Waals surface area (Å²) in [4.78, 5) is 16.3. The average molecular weight is 289 g/mol. The van der Waals surface area contributed by atoms with Crippen LogP contribution < -0.4 is 0 Å². The number of fused-ring (bicyclic) bond motifs is 1. The molecule has 0 atom stereocenters. The van der Waals surface area contributed by atoms with Crippen molar-refractivity contribution in [1.82, 2.24) is 14.8 Å². The highest BCUT2D eigenvalue weighted by atomic mass is 16.5. The number of azo groups is 1. The molecule has 0 aliphatic carbocycles. The fourth-order valence-electron chi connectivity index (χ4n) is 1.88. The highest BCUT2D eigenvalue weighted by molar-refractivity contribution is 6.02. The van der Waals surface area contributed by atoms with Crippen molar-refractivity contribution in [2.75, 3.05) is 6.61 Å². The van der Waals surface area contributed by atoms with E-state index in [4.69, 9.17) is 4.74 Å². The van der Waals surface area contributed by atoms with Gasteiger partial charge in [0.2, 0.25) is 0 Å². The van der Waals surface area contributed by atoms with E-state index in [0.717, 1.165) is 0 Å². The Hall–Kier alpha value is -2.31. The molecule has 0 aliphatic rings. The lowest BCUT2D eigenvalue weighted by molar-refractivity contribution is 0.0527. The Bertz CT molecular complexity index is 675. The molecule has 0 spiro atoms. The molecule has 0 unspecified atom stereocenters. The number of pyridine rings is 1. The van der Waals surface area contributed by atoms with E-state index < -0.39 is 5.97 Å². The Labute approximate surface area is 123 Å². The molecule has 0 fully saturated rings. The predicted octanol–water partition coefficient (Wildman–Crippen LogP) is 3.12. The maximum absolute atomic E-state index is 12.0. The van der Waals surface area contributed by atoms with Crippen LogP contribution in [0.3, 0.4) is 0 Å². The molecule has 21 heavy (non-hydrogen) atoms. The van der Waals surface area contributed by atoms with Crippen LogP contribution in [0.25, 0.3) is 11.0 Å². The number of hydrogen-bond acceptors (Lipinski definition) is 6. The molecule has 2 aromatic rings. The zero-order valence-corrected chi connectivity index (χ0v) is 12.7. The predicted molar refractivity (Wildman–Crippen MR) is 78.8 cm³/mol. The van der Waals surface area contributed by atoms with Gasteiger partial charge in [0.15, 0.2) is 5.65 Å². The molecule has 0 aliphatic heterocycles. The van der Waals surface area contributed by atoms with Crippen molar-refractivity contribution in [1.29, 1.82) is 0 Å². The van der Waals surface area contributed by atoms with Crippen molar-refractivity contribution in [3.05, 3.63) is 18.0 Å². The second-order valence-corrected chi connectivity index (χ2v) is 4.75.